The van der Waals surface area contributed by atoms with Crippen LogP contribution in [0.25, 0.3) is 0 Å². The van der Waals surface area contributed by atoms with Crippen LogP contribution >= 0.6 is 0 Å². The molecule has 0 bridgehead atoms. The van der Waals surface area contributed by atoms with E-state index in [1.54, 1.807) is 6.07 Å². The molecule has 19 heavy (non-hydrogen) atoms. The lowest BCUT2D eigenvalue weighted by Gasteiger charge is -2.12. The summed E-state index contributed by atoms with van der Waals surface area (Å²) in [7, 11) is -5.59. The van der Waals surface area contributed by atoms with Gasteiger partial charge in [-0.1, -0.05) is 30.3 Å². The van der Waals surface area contributed by atoms with Gasteiger partial charge in [0.25, 0.3) is 0 Å². The molecule has 0 saturated heterocycles. The molecule has 104 valence electrons. The van der Waals surface area contributed by atoms with Crippen LogP contribution in [0.15, 0.2) is 30.3 Å². The lowest BCUT2D eigenvalue weighted by Crippen LogP contribution is -2.44. The molecule has 0 radical (unpaired) electrons. The Morgan fingerprint density at radius 1 is 1.21 bits per heavy atom. The molecule has 1 aromatic carbocycles. The van der Waals surface area contributed by atoms with Crippen molar-refractivity contribution in [1.29, 1.82) is 0 Å². The lowest BCUT2D eigenvalue weighted by atomic mass is 10.1. The number of Topliss-reactive ketones (excluding diaryl/α,β-unsaturated/α-hetero) is 1. The number of ketones is 1. The Bertz CT molecular complexity index is 585. The van der Waals surface area contributed by atoms with E-state index in [2.05, 4.69) is 9.92 Å². The van der Waals surface area contributed by atoms with Gasteiger partial charge in [-0.05, 0) is 0 Å². The van der Waals surface area contributed by atoms with Crippen LogP contribution in [0.4, 0.5) is 8.78 Å². The van der Waals surface area contributed by atoms with Crippen molar-refractivity contribution in [3.63, 3.8) is 0 Å². The fourth-order valence-corrected chi connectivity index (χ4v) is 1.69. The SMILES string of the molecule is NC(=O)C(F)(F)S(=O)(=O)OCC(=O)c1ccccc1. The summed E-state index contributed by atoms with van der Waals surface area (Å²) in [5, 5.41) is -4.88. The molecular formula is C10H9F2NO5S. The molecule has 9 heteroatoms. The Hall–Kier alpha value is -1.87. The molecular weight excluding hydrogens is 284 g/mol. The molecule has 0 aromatic heterocycles. The summed E-state index contributed by atoms with van der Waals surface area (Å²) in [6, 6.07) is 7.31. The molecule has 0 heterocycles. The van der Waals surface area contributed by atoms with Gasteiger partial charge in [0.15, 0.2) is 5.78 Å². The predicted molar refractivity (Wildman–Crippen MR) is 59.8 cm³/mol. The molecule has 0 fully saturated rings. The van der Waals surface area contributed by atoms with Gasteiger partial charge in [0.1, 0.15) is 6.61 Å². The highest BCUT2D eigenvalue weighted by Crippen LogP contribution is 2.22. The largest absolute Gasteiger partial charge is 0.446 e. The molecule has 0 aliphatic rings. The topological polar surface area (TPSA) is 104 Å². The summed E-state index contributed by atoms with van der Waals surface area (Å²) in [6.45, 7) is -1.14. The van der Waals surface area contributed by atoms with Gasteiger partial charge in [0.2, 0.25) is 0 Å². The molecule has 0 aliphatic heterocycles. The number of amides is 1. The lowest BCUT2D eigenvalue weighted by molar-refractivity contribution is -0.132. The van der Waals surface area contributed by atoms with Gasteiger partial charge in [0.05, 0.1) is 0 Å². The third-order valence-corrected chi connectivity index (χ3v) is 3.30. The quantitative estimate of drug-likeness (QED) is 0.600. The first-order valence-electron chi connectivity index (χ1n) is 4.83. The van der Waals surface area contributed by atoms with E-state index in [4.69, 9.17) is 0 Å². The highest BCUT2D eigenvalue weighted by Gasteiger charge is 2.52. The maximum absolute atomic E-state index is 12.9. The third-order valence-electron chi connectivity index (χ3n) is 2.04. The molecule has 0 atom stereocenters. The van der Waals surface area contributed by atoms with Crippen LogP contribution in [-0.2, 0) is 19.1 Å². The van der Waals surface area contributed by atoms with Gasteiger partial charge >= 0.3 is 21.3 Å². The van der Waals surface area contributed by atoms with E-state index >= 15 is 0 Å². The van der Waals surface area contributed by atoms with Crippen LogP contribution < -0.4 is 5.73 Å². The average molecular weight is 293 g/mol. The fraction of sp³-hybridized carbons (Fsp3) is 0.200. The van der Waals surface area contributed by atoms with Crippen molar-refractivity contribution < 1.29 is 31.0 Å². The first-order chi connectivity index (χ1) is 8.68. The van der Waals surface area contributed by atoms with Crippen LogP contribution in [0.5, 0.6) is 0 Å². The van der Waals surface area contributed by atoms with Crippen molar-refractivity contribution in [2.75, 3.05) is 6.61 Å². The number of halogens is 2. The highest BCUT2D eigenvalue weighted by atomic mass is 32.2. The second kappa shape index (κ2) is 5.41. The summed E-state index contributed by atoms with van der Waals surface area (Å²) >= 11 is 0. The second-order valence-corrected chi connectivity index (χ2v) is 5.04. The number of benzene rings is 1. The fourth-order valence-electron chi connectivity index (χ4n) is 1.04. The summed E-state index contributed by atoms with van der Waals surface area (Å²) in [5.41, 5.74) is 4.32. The van der Waals surface area contributed by atoms with Crippen LogP contribution in [-0.4, -0.2) is 32.0 Å². The second-order valence-electron chi connectivity index (χ2n) is 3.39. The predicted octanol–water partition coefficient (Wildman–Crippen LogP) is 0.294. The number of primary amides is 1. The number of nitrogens with two attached hydrogens (primary N) is 1. The molecule has 0 unspecified atom stereocenters. The van der Waals surface area contributed by atoms with E-state index in [0.29, 0.717) is 0 Å². The van der Waals surface area contributed by atoms with Crippen LogP contribution in [0.1, 0.15) is 10.4 Å². The maximum atomic E-state index is 12.9. The van der Waals surface area contributed by atoms with E-state index in [1.165, 1.54) is 24.3 Å². The van der Waals surface area contributed by atoms with E-state index in [0.717, 1.165) is 0 Å². The zero-order valence-corrected chi connectivity index (χ0v) is 10.2. The molecule has 6 nitrogen and oxygen atoms in total. The summed E-state index contributed by atoms with van der Waals surface area (Å²) in [5.74, 6) is -3.20. The van der Waals surface area contributed by atoms with Gasteiger partial charge in [0, 0.05) is 5.56 Å². The average Bonchev–Trinajstić information content (AvgIpc) is 2.36. The Morgan fingerprint density at radius 2 is 1.74 bits per heavy atom. The summed E-state index contributed by atoms with van der Waals surface area (Å²) in [6.07, 6.45) is 0. The van der Waals surface area contributed by atoms with Crippen molar-refractivity contribution in [3.8, 4) is 0 Å². The van der Waals surface area contributed by atoms with Gasteiger partial charge in [-0.15, -0.1) is 0 Å². The monoisotopic (exact) mass is 293 g/mol. The van der Waals surface area contributed by atoms with Gasteiger partial charge in [-0.2, -0.15) is 17.2 Å². The van der Waals surface area contributed by atoms with Gasteiger partial charge in [-0.3, -0.25) is 13.8 Å². The molecule has 1 rings (SSSR count). The molecule has 1 amide bonds. The summed E-state index contributed by atoms with van der Waals surface area (Å²) < 4.78 is 51.6. The van der Waals surface area contributed by atoms with Crippen molar-refractivity contribution in [3.05, 3.63) is 35.9 Å². The number of carbonyl (C=O) groups excluding carboxylic acids is 2. The normalized spacial score (nSPS) is 12.1. The first kappa shape index (κ1) is 15.2. The standard InChI is InChI=1S/C10H9F2NO5S/c11-10(12,9(13)15)19(16,17)18-6-8(14)7-4-2-1-3-5-7/h1-5H,6H2,(H2,13,15). The molecule has 0 saturated carbocycles. The number of alkyl halides is 2. The number of carbonyl (C=O) groups is 2. The van der Waals surface area contributed by atoms with Gasteiger partial charge < -0.3 is 5.73 Å². The Balaban J connectivity index is 2.78. The molecule has 2 N–H and O–H groups in total. The Kier molecular flexibility index (Phi) is 4.32. The number of hydrogen-bond donors (Lipinski definition) is 1. The Labute approximate surface area is 107 Å². The van der Waals surface area contributed by atoms with Crippen LogP contribution in [0.2, 0.25) is 0 Å². The minimum absolute atomic E-state index is 0.0834. The van der Waals surface area contributed by atoms with Gasteiger partial charge in [-0.25, -0.2) is 0 Å². The third kappa shape index (κ3) is 3.32. The minimum atomic E-state index is -5.59. The smallest absolute Gasteiger partial charge is 0.363 e. The van der Waals surface area contributed by atoms with Crippen LogP contribution in [0.3, 0.4) is 0 Å². The molecule has 0 aliphatic carbocycles. The maximum Gasteiger partial charge on any atom is 0.446 e. The van der Waals surface area contributed by atoms with Crippen molar-refractivity contribution >= 4 is 21.8 Å². The van der Waals surface area contributed by atoms with Crippen molar-refractivity contribution in [2.45, 2.75) is 5.25 Å². The van der Waals surface area contributed by atoms with E-state index in [1.807, 2.05) is 0 Å². The van der Waals surface area contributed by atoms with Crippen molar-refractivity contribution in [1.82, 2.24) is 0 Å². The minimum Gasteiger partial charge on any atom is -0.363 e. The Morgan fingerprint density at radius 3 is 2.21 bits per heavy atom. The number of hydrogen-bond acceptors (Lipinski definition) is 5. The van der Waals surface area contributed by atoms with E-state index in [-0.39, 0.29) is 5.56 Å². The summed E-state index contributed by atoms with van der Waals surface area (Å²) in [4.78, 5) is 21.7. The molecule has 0 spiro atoms. The first-order valence-corrected chi connectivity index (χ1v) is 6.24. The molecule has 1 aromatic rings. The van der Waals surface area contributed by atoms with E-state index < -0.39 is 33.7 Å². The highest BCUT2D eigenvalue weighted by molar-refractivity contribution is 7.88. The number of rotatable bonds is 6. The zero-order valence-electron chi connectivity index (χ0n) is 9.38. The van der Waals surface area contributed by atoms with Crippen molar-refractivity contribution in [2.24, 2.45) is 5.73 Å². The van der Waals surface area contributed by atoms with E-state index in [9.17, 15) is 26.8 Å². The zero-order chi connectivity index (χ0) is 14.7. The van der Waals surface area contributed by atoms with Crippen LogP contribution in [0, 0.1) is 0 Å².